The van der Waals surface area contributed by atoms with E-state index >= 15 is 0 Å². The van der Waals surface area contributed by atoms with Gasteiger partial charge >= 0.3 is 0 Å². The van der Waals surface area contributed by atoms with Gasteiger partial charge in [0.25, 0.3) is 5.91 Å². The van der Waals surface area contributed by atoms with Crippen molar-refractivity contribution in [3.8, 4) is 11.5 Å². The maximum absolute atomic E-state index is 12.2. The lowest BCUT2D eigenvalue weighted by Crippen LogP contribution is -2.34. The van der Waals surface area contributed by atoms with Crippen LogP contribution >= 0.6 is 22.9 Å². The summed E-state index contributed by atoms with van der Waals surface area (Å²) in [5.41, 5.74) is 1.89. The van der Waals surface area contributed by atoms with Gasteiger partial charge in [-0.05, 0) is 35.2 Å². The number of nitrogens with one attached hydrogen (secondary N) is 1. The van der Waals surface area contributed by atoms with E-state index in [0.717, 1.165) is 11.3 Å². The van der Waals surface area contributed by atoms with E-state index in [1.165, 1.54) is 11.3 Å². The first-order chi connectivity index (χ1) is 14.2. The van der Waals surface area contributed by atoms with Gasteiger partial charge in [0.1, 0.15) is 0 Å². The number of rotatable bonds is 8. The number of pyridine rings is 1. The van der Waals surface area contributed by atoms with Crippen LogP contribution in [-0.4, -0.2) is 35.7 Å². The minimum absolute atomic E-state index is 0.0566. The summed E-state index contributed by atoms with van der Waals surface area (Å²) < 4.78 is 10.9. The van der Waals surface area contributed by atoms with Crippen LogP contribution in [-0.2, 0) is 13.1 Å². The number of halogens is 1. The second kappa shape index (κ2) is 9.26. The first kappa shape index (κ1) is 19.7. The molecule has 0 fully saturated rings. The molecule has 0 radical (unpaired) electrons. The molecule has 0 bridgehead atoms. The molecule has 1 aromatic carbocycles. The number of amides is 1. The molecule has 0 aliphatic carbocycles. The van der Waals surface area contributed by atoms with E-state index in [0.29, 0.717) is 47.6 Å². The Morgan fingerprint density at radius 2 is 2.03 bits per heavy atom. The van der Waals surface area contributed by atoms with Crippen molar-refractivity contribution in [1.82, 2.24) is 15.2 Å². The lowest BCUT2D eigenvalue weighted by atomic mass is 10.1. The largest absolute Gasteiger partial charge is 0.454 e. The first-order valence-electron chi connectivity index (χ1n) is 9.21. The predicted molar refractivity (Wildman–Crippen MR) is 113 cm³/mol. The second-order valence-corrected chi connectivity index (χ2v) is 7.92. The Hall–Kier alpha value is -2.61. The minimum atomic E-state index is -0.0566. The third-order valence-corrected chi connectivity index (χ3v) is 5.73. The highest BCUT2D eigenvalue weighted by atomic mass is 35.5. The molecule has 0 atom stereocenters. The quantitative estimate of drug-likeness (QED) is 0.587. The third kappa shape index (κ3) is 5.06. The van der Waals surface area contributed by atoms with Crippen molar-refractivity contribution in [1.29, 1.82) is 0 Å². The molecule has 1 N–H and O–H groups in total. The molecule has 0 saturated carbocycles. The van der Waals surface area contributed by atoms with Crippen molar-refractivity contribution in [3.63, 3.8) is 0 Å². The minimum Gasteiger partial charge on any atom is -0.454 e. The van der Waals surface area contributed by atoms with E-state index in [1.54, 1.807) is 12.3 Å². The Kier molecular flexibility index (Phi) is 6.29. The highest BCUT2D eigenvalue weighted by Crippen LogP contribution is 2.37. The molecule has 0 unspecified atom stereocenters. The number of hydrogen-bond acceptors (Lipinski definition) is 6. The number of carbonyl (C=O) groups excluding carboxylic acids is 1. The Morgan fingerprint density at radius 1 is 1.17 bits per heavy atom. The van der Waals surface area contributed by atoms with Gasteiger partial charge < -0.3 is 14.8 Å². The smallest absolute Gasteiger partial charge is 0.261 e. The summed E-state index contributed by atoms with van der Waals surface area (Å²) in [6.45, 7) is 2.62. The number of aromatic nitrogens is 1. The van der Waals surface area contributed by atoms with Crippen LogP contribution in [0.15, 0.2) is 54.0 Å². The Labute approximate surface area is 178 Å². The van der Waals surface area contributed by atoms with Crippen LogP contribution in [0.1, 0.15) is 20.9 Å². The zero-order chi connectivity index (χ0) is 20.1. The average molecular weight is 430 g/mol. The Bertz CT molecular complexity index is 967. The maximum atomic E-state index is 12.2. The van der Waals surface area contributed by atoms with Crippen LogP contribution in [0.25, 0.3) is 0 Å². The summed E-state index contributed by atoms with van der Waals surface area (Å²) in [4.78, 5) is 19.5. The summed E-state index contributed by atoms with van der Waals surface area (Å²) in [6, 6.07) is 13.2. The SMILES string of the molecule is O=C(NCCN(Cc1ccccn1)Cc1cc2c(cc1Cl)OCO2)c1cccs1. The number of carbonyl (C=O) groups is 1. The van der Waals surface area contributed by atoms with E-state index in [1.807, 2.05) is 41.8 Å². The molecule has 150 valence electrons. The third-order valence-electron chi connectivity index (χ3n) is 4.51. The van der Waals surface area contributed by atoms with Crippen LogP contribution in [0.5, 0.6) is 11.5 Å². The molecule has 0 saturated heterocycles. The Balaban J connectivity index is 1.44. The molecule has 4 rings (SSSR count). The molecule has 1 aliphatic rings. The molecule has 0 spiro atoms. The molecule has 29 heavy (non-hydrogen) atoms. The number of thiophene rings is 1. The molecular weight excluding hydrogens is 410 g/mol. The van der Waals surface area contributed by atoms with Gasteiger partial charge in [-0.25, -0.2) is 0 Å². The molecule has 8 heteroatoms. The van der Waals surface area contributed by atoms with Gasteiger partial charge in [-0.1, -0.05) is 23.7 Å². The molecular formula is C21H20ClN3O3S. The fourth-order valence-electron chi connectivity index (χ4n) is 3.08. The van der Waals surface area contributed by atoms with Crippen LogP contribution in [0.2, 0.25) is 5.02 Å². The van der Waals surface area contributed by atoms with E-state index in [4.69, 9.17) is 21.1 Å². The number of fused-ring (bicyclic) bond motifs is 1. The van der Waals surface area contributed by atoms with Crippen LogP contribution < -0.4 is 14.8 Å². The van der Waals surface area contributed by atoms with Gasteiger partial charge in [0.2, 0.25) is 6.79 Å². The average Bonchev–Trinajstić information content (AvgIpc) is 3.40. The molecule has 2 aromatic heterocycles. The Morgan fingerprint density at radius 3 is 2.79 bits per heavy atom. The summed E-state index contributed by atoms with van der Waals surface area (Å²) in [5, 5.41) is 5.50. The van der Waals surface area contributed by atoms with Gasteiger partial charge in [0.15, 0.2) is 11.5 Å². The fraction of sp³-hybridized carbons (Fsp3) is 0.238. The highest BCUT2D eigenvalue weighted by molar-refractivity contribution is 7.12. The van der Waals surface area contributed by atoms with E-state index in [-0.39, 0.29) is 12.7 Å². The fourth-order valence-corrected chi connectivity index (χ4v) is 3.93. The summed E-state index contributed by atoms with van der Waals surface area (Å²) in [6.07, 6.45) is 1.78. The van der Waals surface area contributed by atoms with E-state index in [2.05, 4.69) is 15.2 Å². The van der Waals surface area contributed by atoms with E-state index < -0.39 is 0 Å². The normalized spacial score (nSPS) is 12.3. The number of nitrogens with zero attached hydrogens (tertiary/aromatic N) is 2. The molecule has 1 aliphatic heterocycles. The lowest BCUT2D eigenvalue weighted by molar-refractivity contribution is 0.0951. The van der Waals surface area contributed by atoms with Gasteiger partial charge in [0, 0.05) is 43.5 Å². The van der Waals surface area contributed by atoms with Crippen molar-refractivity contribution in [2.75, 3.05) is 19.9 Å². The van der Waals surface area contributed by atoms with Crippen molar-refractivity contribution >= 4 is 28.8 Å². The van der Waals surface area contributed by atoms with E-state index in [9.17, 15) is 4.79 Å². The summed E-state index contributed by atoms with van der Waals surface area (Å²) in [7, 11) is 0. The molecule has 3 aromatic rings. The number of benzene rings is 1. The van der Waals surface area contributed by atoms with Crippen molar-refractivity contribution in [2.24, 2.45) is 0 Å². The zero-order valence-electron chi connectivity index (χ0n) is 15.6. The number of hydrogen-bond donors (Lipinski definition) is 1. The lowest BCUT2D eigenvalue weighted by Gasteiger charge is -2.23. The summed E-state index contributed by atoms with van der Waals surface area (Å²) in [5.74, 6) is 1.31. The van der Waals surface area contributed by atoms with Crippen LogP contribution in [0, 0.1) is 0 Å². The predicted octanol–water partition coefficient (Wildman–Crippen LogP) is 3.96. The van der Waals surface area contributed by atoms with Crippen molar-refractivity contribution < 1.29 is 14.3 Å². The first-order valence-corrected chi connectivity index (χ1v) is 10.5. The van der Waals surface area contributed by atoms with Gasteiger partial charge in [-0.3, -0.25) is 14.7 Å². The van der Waals surface area contributed by atoms with Crippen LogP contribution in [0.4, 0.5) is 0 Å². The summed E-state index contributed by atoms with van der Waals surface area (Å²) >= 11 is 7.89. The van der Waals surface area contributed by atoms with Crippen molar-refractivity contribution in [2.45, 2.75) is 13.1 Å². The maximum Gasteiger partial charge on any atom is 0.261 e. The van der Waals surface area contributed by atoms with Gasteiger partial charge in [-0.2, -0.15) is 0 Å². The standard InChI is InChI=1S/C21H20ClN3O3S/c22-17-11-19-18(27-14-28-19)10-15(17)12-25(13-16-4-1-2-6-23-16)8-7-24-21(26)20-5-3-9-29-20/h1-6,9-11H,7-8,12-14H2,(H,24,26). The molecule has 6 nitrogen and oxygen atoms in total. The monoisotopic (exact) mass is 429 g/mol. The van der Waals surface area contributed by atoms with Crippen LogP contribution in [0.3, 0.4) is 0 Å². The van der Waals surface area contributed by atoms with Gasteiger partial charge in [-0.15, -0.1) is 11.3 Å². The zero-order valence-corrected chi connectivity index (χ0v) is 17.2. The second-order valence-electron chi connectivity index (χ2n) is 6.56. The highest BCUT2D eigenvalue weighted by Gasteiger charge is 2.18. The number of ether oxygens (including phenoxy) is 2. The van der Waals surface area contributed by atoms with Gasteiger partial charge in [0.05, 0.1) is 10.6 Å². The topological polar surface area (TPSA) is 63.7 Å². The van der Waals surface area contributed by atoms with Crippen molar-refractivity contribution in [3.05, 3.63) is 75.2 Å². The molecule has 1 amide bonds. The molecule has 3 heterocycles.